The van der Waals surface area contributed by atoms with Crippen molar-refractivity contribution in [2.24, 2.45) is 4.99 Å². The van der Waals surface area contributed by atoms with E-state index in [0.717, 1.165) is 6.42 Å². The van der Waals surface area contributed by atoms with Gasteiger partial charge in [0.1, 0.15) is 5.82 Å². The quantitative estimate of drug-likeness (QED) is 0.544. The molecule has 1 rings (SSSR count). The molecular weight excluding hydrogens is 212 g/mol. The molecule has 0 aromatic rings. The Morgan fingerprint density at radius 3 is 2.81 bits per heavy atom. The third-order valence-corrected chi connectivity index (χ3v) is 2.08. The van der Waals surface area contributed by atoms with E-state index in [4.69, 9.17) is 9.84 Å². The van der Waals surface area contributed by atoms with Crippen molar-refractivity contribution >= 4 is 17.8 Å². The molecule has 0 aromatic carbocycles. The van der Waals surface area contributed by atoms with Gasteiger partial charge >= 0.3 is 5.97 Å². The lowest BCUT2D eigenvalue weighted by molar-refractivity contribution is -0.133. The number of amides is 1. The third kappa shape index (κ3) is 2.82. The van der Waals surface area contributed by atoms with Gasteiger partial charge in [0.25, 0.3) is 0 Å². The van der Waals surface area contributed by atoms with Crippen LogP contribution in [-0.2, 0) is 14.3 Å². The molecule has 1 amide bonds. The molecule has 1 aliphatic heterocycles. The number of aliphatic imine (C=N–C) groups is 1. The first-order valence-electron chi connectivity index (χ1n) is 4.96. The number of ether oxygens (including phenoxy) is 1. The molecule has 16 heavy (non-hydrogen) atoms. The van der Waals surface area contributed by atoms with Gasteiger partial charge in [0, 0.05) is 6.42 Å². The van der Waals surface area contributed by atoms with Gasteiger partial charge in [-0.3, -0.25) is 4.79 Å². The fourth-order valence-electron chi connectivity index (χ4n) is 1.31. The Labute approximate surface area is 93.0 Å². The number of rotatable bonds is 4. The number of carboxylic acids is 1. The van der Waals surface area contributed by atoms with E-state index >= 15 is 0 Å². The van der Waals surface area contributed by atoms with Gasteiger partial charge in [0.2, 0.25) is 5.91 Å². The van der Waals surface area contributed by atoms with Gasteiger partial charge in [0.15, 0.2) is 5.90 Å². The Hall–Kier alpha value is -1.85. The molecule has 0 saturated heterocycles. The minimum Gasteiger partial charge on any atom is -0.484 e. The van der Waals surface area contributed by atoms with E-state index < -0.39 is 5.97 Å². The summed E-state index contributed by atoms with van der Waals surface area (Å²) in [6.45, 7) is 1.95. The Bertz CT molecular complexity index is 371. The maximum absolute atomic E-state index is 11.1. The van der Waals surface area contributed by atoms with Gasteiger partial charge < -0.3 is 15.2 Å². The first kappa shape index (κ1) is 12.2. The van der Waals surface area contributed by atoms with Crippen molar-refractivity contribution in [3.63, 3.8) is 0 Å². The van der Waals surface area contributed by atoms with Crippen LogP contribution in [0.15, 0.2) is 16.4 Å². The number of nitrogens with zero attached hydrogens (tertiary/aromatic N) is 1. The Balaban J connectivity index is 2.95. The molecule has 0 fully saturated rings. The molecule has 0 spiro atoms. The minimum atomic E-state index is -1.14. The SMILES string of the molecule is CCCC(=NC1=C(C(=O)O)CC(=O)N1)OC. The number of carbonyl (C=O) groups excluding carboxylic acids is 1. The van der Waals surface area contributed by atoms with Gasteiger partial charge in [0.05, 0.1) is 19.1 Å². The summed E-state index contributed by atoms with van der Waals surface area (Å²) in [4.78, 5) is 25.9. The van der Waals surface area contributed by atoms with Gasteiger partial charge in [-0.05, 0) is 6.42 Å². The Kier molecular flexibility index (Phi) is 4.04. The first-order valence-corrected chi connectivity index (χ1v) is 4.96. The van der Waals surface area contributed by atoms with E-state index in [1.54, 1.807) is 0 Å². The van der Waals surface area contributed by atoms with Crippen molar-refractivity contribution in [1.82, 2.24) is 5.32 Å². The zero-order chi connectivity index (χ0) is 12.1. The number of hydrogen-bond donors (Lipinski definition) is 2. The summed E-state index contributed by atoms with van der Waals surface area (Å²) < 4.78 is 4.99. The van der Waals surface area contributed by atoms with Crippen LogP contribution in [0.2, 0.25) is 0 Å². The highest BCUT2D eigenvalue weighted by atomic mass is 16.5. The van der Waals surface area contributed by atoms with E-state index in [1.807, 2.05) is 6.92 Å². The second kappa shape index (κ2) is 5.29. The molecular formula is C10H14N2O4. The van der Waals surface area contributed by atoms with Gasteiger partial charge in [-0.2, -0.15) is 4.99 Å². The third-order valence-electron chi connectivity index (χ3n) is 2.08. The molecule has 1 heterocycles. The fraction of sp³-hybridized carbons (Fsp3) is 0.500. The summed E-state index contributed by atoms with van der Waals surface area (Å²) in [5, 5.41) is 11.3. The monoisotopic (exact) mass is 226 g/mol. The van der Waals surface area contributed by atoms with Crippen LogP contribution in [0.5, 0.6) is 0 Å². The van der Waals surface area contributed by atoms with Crippen molar-refractivity contribution in [2.45, 2.75) is 26.2 Å². The Morgan fingerprint density at radius 2 is 2.31 bits per heavy atom. The van der Waals surface area contributed by atoms with E-state index in [-0.39, 0.29) is 23.7 Å². The van der Waals surface area contributed by atoms with Gasteiger partial charge in [-0.25, -0.2) is 4.79 Å². The minimum absolute atomic E-state index is 0.0179. The van der Waals surface area contributed by atoms with Crippen LogP contribution in [0.1, 0.15) is 26.2 Å². The zero-order valence-electron chi connectivity index (χ0n) is 9.24. The topological polar surface area (TPSA) is 88.0 Å². The summed E-state index contributed by atoms with van der Waals surface area (Å²) >= 11 is 0. The summed E-state index contributed by atoms with van der Waals surface area (Å²) in [6, 6.07) is 0. The molecule has 2 N–H and O–H groups in total. The molecule has 0 aromatic heterocycles. The van der Waals surface area contributed by atoms with Crippen LogP contribution < -0.4 is 5.32 Å². The summed E-state index contributed by atoms with van der Waals surface area (Å²) in [7, 11) is 1.46. The number of aliphatic carboxylic acids is 1. The zero-order valence-corrected chi connectivity index (χ0v) is 9.24. The van der Waals surface area contributed by atoms with Crippen molar-refractivity contribution in [2.75, 3.05) is 7.11 Å². The average molecular weight is 226 g/mol. The van der Waals surface area contributed by atoms with Crippen molar-refractivity contribution in [1.29, 1.82) is 0 Å². The molecule has 0 unspecified atom stereocenters. The number of nitrogens with one attached hydrogen (secondary N) is 1. The number of carboxylic acid groups (broad SMARTS) is 1. The lowest BCUT2D eigenvalue weighted by Gasteiger charge is -2.04. The van der Waals surface area contributed by atoms with E-state index in [1.165, 1.54) is 7.11 Å². The van der Waals surface area contributed by atoms with Crippen molar-refractivity contribution in [3.05, 3.63) is 11.4 Å². The van der Waals surface area contributed by atoms with Crippen LogP contribution >= 0.6 is 0 Å². The van der Waals surface area contributed by atoms with E-state index in [0.29, 0.717) is 12.3 Å². The molecule has 0 bridgehead atoms. The summed E-state index contributed by atoms with van der Waals surface area (Å²) in [6.07, 6.45) is 1.29. The maximum Gasteiger partial charge on any atom is 0.335 e. The number of methoxy groups -OCH3 is 1. The number of hydrogen-bond acceptors (Lipinski definition) is 4. The van der Waals surface area contributed by atoms with Crippen LogP contribution in [0.3, 0.4) is 0 Å². The highest BCUT2D eigenvalue weighted by molar-refractivity contribution is 5.99. The maximum atomic E-state index is 11.1. The van der Waals surface area contributed by atoms with Crippen molar-refractivity contribution < 1.29 is 19.4 Å². The normalized spacial score (nSPS) is 16.4. The number of carbonyl (C=O) groups is 2. The molecule has 0 saturated carbocycles. The van der Waals surface area contributed by atoms with Crippen LogP contribution in [-0.4, -0.2) is 30.0 Å². The lowest BCUT2D eigenvalue weighted by atomic mass is 10.2. The standard InChI is InChI=1S/C10H14N2O4/c1-3-4-8(16-2)12-9-6(10(14)15)5-7(13)11-9/h3-5H2,1-2H3,(H,11,13)(H,14,15). The largest absolute Gasteiger partial charge is 0.484 e. The lowest BCUT2D eigenvalue weighted by Crippen LogP contribution is -2.15. The summed E-state index contributed by atoms with van der Waals surface area (Å²) in [5.74, 6) is -0.992. The molecule has 1 aliphatic rings. The van der Waals surface area contributed by atoms with Crippen molar-refractivity contribution in [3.8, 4) is 0 Å². The highest BCUT2D eigenvalue weighted by Crippen LogP contribution is 2.16. The van der Waals surface area contributed by atoms with Crippen LogP contribution in [0.4, 0.5) is 0 Å². The van der Waals surface area contributed by atoms with Crippen LogP contribution in [0, 0.1) is 0 Å². The summed E-state index contributed by atoms with van der Waals surface area (Å²) in [5.41, 5.74) is -0.0179. The molecule has 6 heteroatoms. The van der Waals surface area contributed by atoms with Gasteiger partial charge in [-0.15, -0.1) is 0 Å². The molecule has 6 nitrogen and oxygen atoms in total. The van der Waals surface area contributed by atoms with E-state index in [9.17, 15) is 9.59 Å². The molecule has 0 atom stereocenters. The molecule has 0 aliphatic carbocycles. The highest BCUT2D eigenvalue weighted by Gasteiger charge is 2.26. The second-order valence-corrected chi connectivity index (χ2v) is 3.32. The predicted octanol–water partition coefficient (Wildman–Crippen LogP) is 0.647. The predicted molar refractivity (Wildman–Crippen MR) is 56.8 cm³/mol. The van der Waals surface area contributed by atoms with Gasteiger partial charge in [-0.1, -0.05) is 6.92 Å². The average Bonchev–Trinajstić information content (AvgIpc) is 2.59. The van der Waals surface area contributed by atoms with Crippen LogP contribution in [0.25, 0.3) is 0 Å². The fourth-order valence-corrected chi connectivity index (χ4v) is 1.31. The first-order chi connectivity index (χ1) is 7.58. The molecule has 0 radical (unpaired) electrons. The molecule has 88 valence electrons. The Morgan fingerprint density at radius 1 is 1.62 bits per heavy atom. The second-order valence-electron chi connectivity index (χ2n) is 3.32. The smallest absolute Gasteiger partial charge is 0.335 e. The van der Waals surface area contributed by atoms with E-state index in [2.05, 4.69) is 10.3 Å².